The highest BCUT2D eigenvalue weighted by Gasteiger charge is 2.32. The summed E-state index contributed by atoms with van der Waals surface area (Å²) in [6.07, 6.45) is 2.98. The van der Waals surface area contributed by atoms with E-state index in [0.717, 1.165) is 35.8 Å². The molecule has 3 heterocycles. The molecule has 2 aromatic rings. The van der Waals surface area contributed by atoms with Crippen LogP contribution in [0.1, 0.15) is 62.5 Å². The van der Waals surface area contributed by atoms with Crippen LogP contribution < -0.4 is 0 Å². The van der Waals surface area contributed by atoms with Crippen molar-refractivity contribution in [1.29, 1.82) is 0 Å². The van der Waals surface area contributed by atoms with Crippen LogP contribution in [-0.4, -0.2) is 38.2 Å². The Hall–Kier alpha value is -1.41. The summed E-state index contributed by atoms with van der Waals surface area (Å²) in [6, 6.07) is -0.0927. The normalized spacial score (nSPS) is 18.3. The number of rotatable bonds is 5. The molecule has 1 saturated heterocycles. The predicted octanol–water partition coefficient (Wildman–Crippen LogP) is 3.80. The number of thioether (sulfide) groups is 1. The Bertz CT molecular complexity index is 698. The summed E-state index contributed by atoms with van der Waals surface area (Å²) in [5.74, 6) is 2.01. The van der Waals surface area contributed by atoms with Gasteiger partial charge >= 0.3 is 0 Å². The van der Waals surface area contributed by atoms with E-state index in [1.165, 1.54) is 11.8 Å². The van der Waals surface area contributed by atoms with Crippen LogP contribution in [0.5, 0.6) is 0 Å². The Labute approximate surface area is 150 Å². The van der Waals surface area contributed by atoms with E-state index in [1.54, 1.807) is 11.3 Å². The molecule has 1 aliphatic rings. The molecule has 3 rings (SSSR count). The maximum absolute atomic E-state index is 12.7. The van der Waals surface area contributed by atoms with Crippen LogP contribution in [0, 0.1) is 6.92 Å². The van der Waals surface area contributed by atoms with Gasteiger partial charge in [0, 0.05) is 23.5 Å². The summed E-state index contributed by atoms with van der Waals surface area (Å²) in [4.78, 5) is 23.5. The molecule has 24 heavy (non-hydrogen) atoms. The maximum atomic E-state index is 12.7. The van der Waals surface area contributed by atoms with Gasteiger partial charge in [0.05, 0.1) is 5.75 Å². The van der Waals surface area contributed by atoms with E-state index in [-0.39, 0.29) is 17.9 Å². The number of carbonyl (C=O) groups excluding carboxylic acids is 1. The zero-order chi connectivity index (χ0) is 17.1. The zero-order valence-corrected chi connectivity index (χ0v) is 15.8. The predicted molar refractivity (Wildman–Crippen MR) is 94.3 cm³/mol. The highest BCUT2D eigenvalue weighted by molar-refractivity contribution is 8.01. The van der Waals surface area contributed by atoms with Crippen LogP contribution in [0.15, 0.2) is 14.2 Å². The Balaban J connectivity index is 1.67. The molecule has 1 atom stereocenters. The van der Waals surface area contributed by atoms with Gasteiger partial charge < -0.3 is 9.42 Å². The summed E-state index contributed by atoms with van der Waals surface area (Å²) in [5, 5.41) is 6.05. The molecular formula is C16H22N4O2S2. The van der Waals surface area contributed by atoms with E-state index < -0.39 is 0 Å². The molecule has 2 aromatic heterocycles. The summed E-state index contributed by atoms with van der Waals surface area (Å²) >= 11 is 3.08. The van der Waals surface area contributed by atoms with Crippen molar-refractivity contribution in [2.45, 2.75) is 56.3 Å². The molecule has 1 unspecified atom stereocenters. The number of amides is 1. The van der Waals surface area contributed by atoms with Crippen LogP contribution in [0.4, 0.5) is 0 Å². The minimum Gasteiger partial charge on any atom is -0.337 e. The average Bonchev–Trinajstić information content (AvgIpc) is 3.22. The van der Waals surface area contributed by atoms with Crippen molar-refractivity contribution in [2.24, 2.45) is 0 Å². The smallest absolute Gasteiger partial charge is 0.249 e. The van der Waals surface area contributed by atoms with Crippen molar-refractivity contribution in [2.75, 3.05) is 12.3 Å². The van der Waals surface area contributed by atoms with E-state index in [0.29, 0.717) is 17.5 Å². The van der Waals surface area contributed by atoms with Crippen molar-refractivity contribution < 1.29 is 9.32 Å². The van der Waals surface area contributed by atoms with Gasteiger partial charge in [-0.2, -0.15) is 4.98 Å². The van der Waals surface area contributed by atoms with Gasteiger partial charge in [0.2, 0.25) is 11.8 Å². The fourth-order valence-corrected chi connectivity index (χ4v) is 4.44. The maximum Gasteiger partial charge on any atom is 0.249 e. The first kappa shape index (κ1) is 17.4. The summed E-state index contributed by atoms with van der Waals surface area (Å²) in [7, 11) is 0. The first-order valence-corrected chi connectivity index (χ1v) is 10.1. The lowest BCUT2D eigenvalue weighted by atomic mass is 10.0. The summed E-state index contributed by atoms with van der Waals surface area (Å²) in [5.41, 5.74) is 0.998. The molecule has 0 radical (unpaired) electrons. The summed E-state index contributed by atoms with van der Waals surface area (Å²) < 4.78 is 6.38. The molecule has 0 spiro atoms. The fourth-order valence-electron chi connectivity index (χ4n) is 2.71. The van der Waals surface area contributed by atoms with Crippen LogP contribution in [0.3, 0.4) is 0 Å². The molecule has 0 N–H and O–H groups in total. The largest absolute Gasteiger partial charge is 0.337 e. The van der Waals surface area contributed by atoms with Gasteiger partial charge in [0.1, 0.15) is 6.04 Å². The Kier molecular flexibility index (Phi) is 5.55. The minimum atomic E-state index is -0.0927. The van der Waals surface area contributed by atoms with E-state index in [2.05, 4.69) is 15.1 Å². The van der Waals surface area contributed by atoms with Gasteiger partial charge in [0.25, 0.3) is 0 Å². The molecule has 0 saturated carbocycles. The fraction of sp³-hybridized carbons (Fsp3) is 0.625. The lowest BCUT2D eigenvalue weighted by Crippen LogP contribution is -2.39. The topological polar surface area (TPSA) is 72.1 Å². The molecule has 8 heteroatoms. The number of aromatic nitrogens is 3. The number of likely N-dealkylation sites (tertiary alicyclic amines) is 1. The SMILES string of the molecule is Cc1csc(SCC(=O)N2CCCCC2c2nc(C(C)C)no2)n1. The van der Waals surface area contributed by atoms with Crippen LogP contribution in [0.25, 0.3) is 0 Å². The van der Waals surface area contributed by atoms with E-state index in [9.17, 15) is 4.79 Å². The monoisotopic (exact) mass is 366 g/mol. The van der Waals surface area contributed by atoms with Crippen molar-refractivity contribution in [1.82, 2.24) is 20.0 Å². The third-order valence-corrected chi connectivity index (χ3v) is 6.12. The van der Waals surface area contributed by atoms with Gasteiger partial charge in [-0.15, -0.1) is 11.3 Å². The Morgan fingerprint density at radius 3 is 2.96 bits per heavy atom. The van der Waals surface area contributed by atoms with E-state index >= 15 is 0 Å². The van der Waals surface area contributed by atoms with Gasteiger partial charge in [-0.1, -0.05) is 30.8 Å². The van der Waals surface area contributed by atoms with Crippen molar-refractivity contribution >= 4 is 29.0 Å². The quantitative estimate of drug-likeness (QED) is 0.750. The lowest BCUT2D eigenvalue weighted by Gasteiger charge is -2.33. The number of thiazole rings is 1. The lowest BCUT2D eigenvalue weighted by molar-refractivity contribution is -0.132. The Morgan fingerprint density at radius 1 is 1.46 bits per heavy atom. The average molecular weight is 367 g/mol. The number of piperidine rings is 1. The summed E-state index contributed by atoms with van der Waals surface area (Å²) in [6.45, 7) is 6.78. The van der Waals surface area contributed by atoms with Gasteiger partial charge in [-0.3, -0.25) is 4.79 Å². The van der Waals surface area contributed by atoms with Gasteiger partial charge in [-0.05, 0) is 26.2 Å². The zero-order valence-electron chi connectivity index (χ0n) is 14.2. The Morgan fingerprint density at radius 2 is 2.29 bits per heavy atom. The molecule has 130 valence electrons. The van der Waals surface area contributed by atoms with Crippen LogP contribution in [0.2, 0.25) is 0 Å². The van der Waals surface area contributed by atoms with Crippen LogP contribution in [-0.2, 0) is 4.79 Å². The molecule has 1 amide bonds. The van der Waals surface area contributed by atoms with Crippen molar-refractivity contribution in [3.8, 4) is 0 Å². The number of hydrogen-bond acceptors (Lipinski definition) is 7. The number of hydrogen-bond donors (Lipinski definition) is 0. The van der Waals surface area contributed by atoms with Gasteiger partial charge in [-0.25, -0.2) is 4.98 Å². The molecule has 0 aromatic carbocycles. The minimum absolute atomic E-state index is 0.0927. The number of carbonyl (C=O) groups is 1. The number of aryl methyl sites for hydroxylation is 1. The number of nitrogens with zero attached hydrogens (tertiary/aromatic N) is 4. The second-order valence-electron chi connectivity index (χ2n) is 6.29. The standard InChI is InChI=1S/C16H22N4O2S2/c1-10(2)14-18-15(22-19-14)12-6-4-5-7-20(12)13(21)9-24-16-17-11(3)8-23-16/h8,10,12H,4-7,9H2,1-3H3. The van der Waals surface area contributed by atoms with Crippen molar-refractivity contribution in [3.63, 3.8) is 0 Å². The van der Waals surface area contributed by atoms with Crippen molar-refractivity contribution in [3.05, 3.63) is 22.8 Å². The molecule has 6 nitrogen and oxygen atoms in total. The van der Waals surface area contributed by atoms with E-state index in [1.807, 2.05) is 31.1 Å². The molecule has 0 bridgehead atoms. The second-order valence-corrected chi connectivity index (χ2v) is 8.37. The molecule has 0 aliphatic carbocycles. The highest BCUT2D eigenvalue weighted by atomic mass is 32.2. The molecule has 1 aliphatic heterocycles. The molecular weight excluding hydrogens is 344 g/mol. The second kappa shape index (κ2) is 7.65. The van der Waals surface area contributed by atoms with Crippen LogP contribution >= 0.6 is 23.1 Å². The third-order valence-electron chi connectivity index (χ3n) is 4.00. The highest BCUT2D eigenvalue weighted by Crippen LogP contribution is 2.32. The van der Waals surface area contributed by atoms with E-state index in [4.69, 9.17) is 4.52 Å². The first-order valence-electron chi connectivity index (χ1n) is 8.22. The third kappa shape index (κ3) is 3.97. The molecule has 1 fully saturated rings. The van der Waals surface area contributed by atoms with Gasteiger partial charge in [0.15, 0.2) is 10.2 Å². The first-order chi connectivity index (χ1) is 11.5.